The molecule has 1 aromatic rings. The lowest BCUT2D eigenvalue weighted by molar-refractivity contribution is 0.217. The number of rotatable bonds is 3. The molecule has 100 valence electrons. The van der Waals surface area contributed by atoms with Crippen LogP contribution in [0.15, 0.2) is 6.07 Å². The van der Waals surface area contributed by atoms with Gasteiger partial charge in [-0.3, -0.25) is 0 Å². The summed E-state index contributed by atoms with van der Waals surface area (Å²) in [6, 6.07) is 0.713. The lowest BCUT2D eigenvalue weighted by Gasteiger charge is -2.15. The van der Waals surface area contributed by atoms with Crippen LogP contribution in [0.4, 0.5) is 14.6 Å². The second kappa shape index (κ2) is 5.98. The van der Waals surface area contributed by atoms with Gasteiger partial charge in [-0.05, 0) is 18.8 Å². The second-order valence-corrected chi connectivity index (χ2v) is 4.81. The predicted octanol–water partition coefficient (Wildman–Crippen LogP) is 3.29. The number of anilines is 1. The van der Waals surface area contributed by atoms with Crippen LogP contribution in [0.2, 0.25) is 0 Å². The Bertz CT molecular complexity index is 404. The highest BCUT2D eigenvalue weighted by Crippen LogP contribution is 2.25. The number of nitrogens with zero attached hydrogens (tertiary/aromatic N) is 1. The maximum Gasteiger partial charge on any atom is 0.252 e. The number of aromatic nitrogens is 1. The Morgan fingerprint density at radius 1 is 1.17 bits per heavy atom. The van der Waals surface area contributed by atoms with Crippen LogP contribution in [-0.4, -0.2) is 11.6 Å². The molecule has 1 heterocycles. The van der Waals surface area contributed by atoms with Crippen LogP contribution in [-0.2, 0) is 0 Å². The minimum atomic E-state index is -0.852. The third kappa shape index (κ3) is 3.31. The van der Waals surface area contributed by atoms with E-state index in [-0.39, 0.29) is 11.7 Å². The maximum absolute atomic E-state index is 13.4. The molecule has 0 unspecified atom stereocenters. The first kappa shape index (κ1) is 13.1. The van der Waals surface area contributed by atoms with Gasteiger partial charge in [0.1, 0.15) is 0 Å². The Balaban J connectivity index is 1.94. The average molecular weight is 256 g/mol. The van der Waals surface area contributed by atoms with Gasteiger partial charge in [0.05, 0.1) is 6.61 Å². The topological polar surface area (TPSA) is 48.1 Å². The van der Waals surface area contributed by atoms with Gasteiger partial charge < -0.3 is 10.5 Å². The zero-order valence-electron chi connectivity index (χ0n) is 10.3. The molecule has 1 aliphatic rings. The molecule has 1 saturated carbocycles. The minimum Gasteiger partial charge on any atom is -0.475 e. The normalized spacial score (nSPS) is 17.4. The first-order chi connectivity index (χ1) is 8.66. The number of ether oxygens (including phenoxy) is 1. The molecule has 5 heteroatoms. The summed E-state index contributed by atoms with van der Waals surface area (Å²) in [5.74, 6) is -1.74. The van der Waals surface area contributed by atoms with E-state index in [9.17, 15) is 8.78 Å². The molecule has 0 aromatic carbocycles. The fourth-order valence-corrected chi connectivity index (χ4v) is 2.29. The molecule has 1 aliphatic carbocycles. The first-order valence-corrected chi connectivity index (χ1v) is 6.41. The van der Waals surface area contributed by atoms with E-state index in [0.717, 1.165) is 12.8 Å². The van der Waals surface area contributed by atoms with Gasteiger partial charge in [0, 0.05) is 6.07 Å². The molecular formula is C13H18F2N2O. The largest absolute Gasteiger partial charge is 0.475 e. The summed E-state index contributed by atoms with van der Waals surface area (Å²) in [5, 5.41) is 0. The third-order valence-electron chi connectivity index (χ3n) is 3.35. The van der Waals surface area contributed by atoms with Crippen molar-refractivity contribution in [1.29, 1.82) is 0 Å². The summed E-state index contributed by atoms with van der Waals surface area (Å²) in [4.78, 5) is 3.59. The smallest absolute Gasteiger partial charge is 0.252 e. The summed E-state index contributed by atoms with van der Waals surface area (Å²) in [5.41, 5.74) is 5.29. The maximum atomic E-state index is 13.4. The van der Waals surface area contributed by atoms with Gasteiger partial charge in [0.2, 0.25) is 0 Å². The van der Waals surface area contributed by atoms with Crippen molar-refractivity contribution in [2.45, 2.75) is 38.5 Å². The van der Waals surface area contributed by atoms with Crippen LogP contribution in [0, 0.1) is 17.6 Å². The fourth-order valence-electron chi connectivity index (χ4n) is 2.29. The molecule has 2 rings (SSSR count). The lowest BCUT2D eigenvalue weighted by atomic mass is 10.0. The van der Waals surface area contributed by atoms with Crippen LogP contribution in [0.5, 0.6) is 5.88 Å². The molecule has 1 fully saturated rings. The van der Waals surface area contributed by atoms with Crippen molar-refractivity contribution in [2.75, 3.05) is 12.3 Å². The van der Waals surface area contributed by atoms with Gasteiger partial charge in [-0.25, -0.2) is 8.78 Å². The molecule has 0 saturated heterocycles. The number of halogens is 2. The predicted molar refractivity (Wildman–Crippen MR) is 65.3 cm³/mol. The lowest BCUT2D eigenvalue weighted by Crippen LogP contribution is -2.13. The van der Waals surface area contributed by atoms with Gasteiger partial charge in [0.25, 0.3) is 5.88 Å². The van der Waals surface area contributed by atoms with Gasteiger partial charge in [-0.2, -0.15) is 4.98 Å². The molecule has 1 aromatic heterocycles. The van der Waals surface area contributed by atoms with Crippen molar-refractivity contribution in [2.24, 2.45) is 5.92 Å². The van der Waals surface area contributed by atoms with E-state index >= 15 is 0 Å². The number of nitrogen functional groups attached to an aromatic ring is 1. The highest BCUT2D eigenvalue weighted by molar-refractivity contribution is 5.34. The number of hydrogen-bond donors (Lipinski definition) is 1. The summed E-state index contributed by atoms with van der Waals surface area (Å²) in [6.07, 6.45) is 7.08. The molecule has 0 bridgehead atoms. The summed E-state index contributed by atoms with van der Waals surface area (Å²) >= 11 is 0. The van der Waals surface area contributed by atoms with Crippen LogP contribution < -0.4 is 10.5 Å². The number of pyridine rings is 1. The van der Waals surface area contributed by atoms with E-state index in [1.54, 1.807) is 0 Å². The SMILES string of the molecule is Nc1nc(OCC2CCCCCC2)c(F)cc1F. The minimum absolute atomic E-state index is 0.196. The highest BCUT2D eigenvalue weighted by atomic mass is 19.1. The van der Waals surface area contributed by atoms with E-state index in [4.69, 9.17) is 10.5 Å². The molecule has 0 spiro atoms. The van der Waals surface area contributed by atoms with E-state index in [1.165, 1.54) is 25.7 Å². The molecule has 0 aliphatic heterocycles. The Hall–Kier alpha value is -1.39. The second-order valence-electron chi connectivity index (χ2n) is 4.81. The van der Waals surface area contributed by atoms with Crippen molar-refractivity contribution in [3.05, 3.63) is 17.7 Å². The zero-order chi connectivity index (χ0) is 13.0. The zero-order valence-corrected chi connectivity index (χ0v) is 10.3. The van der Waals surface area contributed by atoms with Crippen molar-refractivity contribution >= 4 is 5.82 Å². The molecular weight excluding hydrogens is 238 g/mol. The Labute approximate surface area is 105 Å². The van der Waals surface area contributed by atoms with Crippen LogP contribution in [0.3, 0.4) is 0 Å². The molecule has 18 heavy (non-hydrogen) atoms. The van der Waals surface area contributed by atoms with Crippen molar-refractivity contribution in [3.8, 4) is 5.88 Å². The van der Waals surface area contributed by atoms with Crippen molar-refractivity contribution in [3.63, 3.8) is 0 Å². The monoisotopic (exact) mass is 256 g/mol. The summed E-state index contributed by atoms with van der Waals surface area (Å²) in [7, 11) is 0. The fraction of sp³-hybridized carbons (Fsp3) is 0.615. The van der Waals surface area contributed by atoms with E-state index < -0.39 is 11.6 Å². The Kier molecular flexibility index (Phi) is 4.33. The van der Waals surface area contributed by atoms with Crippen LogP contribution in [0.1, 0.15) is 38.5 Å². The third-order valence-corrected chi connectivity index (χ3v) is 3.35. The van der Waals surface area contributed by atoms with Gasteiger partial charge in [-0.15, -0.1) is 0 Å². The number of nitrogens with two attached hydrogens (primary N) is 1. The van der Waals surface area contributed by atoms with Gasteiger partial charge >= 0.3 is 0 Å². The summed E-state index contributed by atoms with van der Waals surface area (Å²) < 4.78 is 31.6. The van der Waals surface area contributed by atoms with E-state index in [2.05, 4.69) is 4.98 Å². The molecule has 0 atom stereocenters. The standard InChI is InChI=1S/C13H18F2N2O/c14-10-7-11(15)13(17-12(10)16)18-8-9-5-3-1-2-4-6-9/h7,9H,1-6,8H2,(H2,16,17). The van der Waals surface area contributed by atoms with Crippen LogP contribution in [0.25, 0.3) is 0 Å². The van der Waals surface area contributed by atoms with E-state index in [1.807, 2.05) is 0 Å². The Morgan fingerprint density at radius 3 is 2.50 bits per heavy atom. The average Bonchev–Trinajstić information content (AvgIpc) is 2.60. The molecule has 2 N–H and O–H groups in total. The van der Waals surface area contributed by atoms with Gasteiger partial charge in [-0.1, -0.05) is 25.7 Å². The van der Waals surface area contributed by atoms with Gasteiger partial charge in [0.15, 0.2) is 17.5 Å². The van der Waals surface area contributed by atoms with Crippen LogP contribution >= 0.6 is 0 Å². The first-order valence-electron chi connectivity index (χ1n) is 6.41. The highest BCUT2D eigenvalue weighted by Gasteiger charge is 2.16. The summed E-state index contributed by atoms with van der Waals surface area (Å²) in [6.45, 7) is 0.426. The molecule has 0 amide bonds. The molecule has 0 radical (unpaired) electrons. The van der Waals surface area contributed by atoms with E-state index in [0.29, 0.717) is 18.6 Å². The molecule has 3 nitrogen and oxygen atoms in total. The Morgan fingerprint density at radius 2 is 1.83 bits per heavy atom. The quantitative estimate of drug-likeness (QED) is 0.844. The number of hydrogen-bond acceptors (Lipinski definition) is 3. The van der Waals surface area contributed by atoms with Crippen molar-refractivity contribution in [1.82, 2.24) is 4.98 Å². The van der Waals surface area contributed by atoms with Crippen molar-refractivity contribution < 1.29 is 13.5 Å².